The molecule has 0 saturated heterocycles. The highest BCUT2D eigenvalue weighted by Crippen LogP contribution is 1.66. The topological polar surface area (TPSA) is 44.0 Å². The Hall–Kier alpha value is -1.32. The van der Waals surface area contributed by atoms with Crippen LogP contribution in [0.4, 0.5) is 0 Å². The van der Waals surface area contributed by atoms with Crippen molar-refractivity contribution >= 4 is 0 Å². The van der Waals surface area contributed by atoms with Gasteiger partial charge in [-0.15, -0.1) is 0 Å². The van der Waals surface area contributed by atoms with Gasteiger partial charge in [-0.3, -0.25) is 9.36 Å². The summed E-state index contributed by atoms with van der Waals surface area (Å²) in [5.41, 5.74) is -0.574. The lowest BCUT2D eigenvalue weighted by molar-refractivity contribution is 0.686. The third-order valence-electron chi connectivity index (χ3n) is 1.36. The predicted molar refractivity (Wildman–Crippen MR) is 36.9 cm³/mol. The molecule has 4 heteroatoms. The number of hydrogen-bond donors (Lipinski definition) is 0. The van der Waals surface area contributed by atoms with Crippen LogP contribution in [-0.2, 0) is 14.1 Å². The van der Waals surface area contributed by atoms with E-state index >= 15 is 0 Å². The van der Waals surface area contributed by atoms with E-state index in [0.717, 1.165) is 4.57 Å². The van der Waals surface area contributed by atoms with E-state index in [2.05, 4.69) is 0 Å². The Balaban J connectivity index is 3.66. The van der Waals surface area contributed by atoms with Crippen LogP contribution in [-0.4, -0.2) is 9.13 Å². The molecular formula is C6H8N2O2. The highest BCUT2D eigenvalue weighted by atomic mass is 17.1. The molecule has 0 aliphatic carbocycles. The first kappa shape index (κ1) is 6.80. The highest BCUT2D eigenvalue weighted by molar-refractivity contribution is 4.83. The molecule has 0 aliphatic rings. The van der Waals surface area contributed by atoms with E-state index in [9.17, 15) is 9.59 Å². The maximum absolute atomic E-state index is 10.9. The summed E-state index contributed by atoms with van der Waals surface area (Å²) in [6.07, 6.45) is 1.45. The molecule has 0 unspecified atom stereocenters. The van der Waals surface area contributed by atoms with Crippen molar-refractivity contribution in [3.05, 3.63) is 33.1 Å². The zero-order chi connectivity index (χ0) is 7.72. The Bertz CT molecular complexity index is 348. The van der Waals surface area contributed by atoms with Crippen LogP contribution in [0.5, 0.6) is 0 Å². The van der Waals surface area contributed by atoms with E-state index in [-0.39, 0.29) is 11.2 Å². The van der Waals surface area contributed by atoms with Crippen LogP contribution in [0.2, 0.25) is 0 Å². The zero-order valence-electron chi connectivity index (χ0n) is 5.87. The maximum atomic E-state index is 10.9. The smallest absolute Gasteiger partial charge is 0.303 e. The predicted octanol–water partition coefficient (Wildman–Crippen LogP) is -0.916. The first-order valence-electron chi connectivity index (χ1n) is 2.85. The van der Waals surface area contributed by atoms with Crippen molar-refractivity contribution in [2.75, 3.05) is 0 Å². The van der Waals surface area contributed by atoms with Crippen molar-refractivity contribution in [2.24, 2.45) is 14.1 Å². The fourth-order valence-corrected chi connectivity index (χ4v) is 0.682. The molecule has 0 fully saturated rings. The lowest BCUT2D eigenvalue weighted by atomic mass is 10.6. The summed E-state index contributed by atoms with van der Waals surface area (Å²) in [6, 6.07) is 1.35. The lowest BCUT2D eigenvalue weighted by Crippen LogP contribution is -2.35. The first-order valence-corrected chi connectivity index (χ1v) is 2.85. The molecule has 4 nitrogen and oxygen atoms in total. The van der Waals surface area contributed by atoms with E-state index in [1.165, 1.54) is 23.9 Å². The van der Waals surface area contributed by atoms with Crippen molar-refractivity contribution < 1.29 is 0 Å². The Morgan fingerprint density at radius 1 is 1.50 bits per heavy atom. The molecule has 0 aromatic carbocycles. The minimum absolute atomic E-state index is 0.275. The monoisotopic (exact) mass is 141 g/mol. The van der Waals surface area contributed by atoms with Gasteiger partial charge in [0.05, 0.1) is 0 Å². The normalized spacial score (nSPS) is 9.80. The number of nitrogens with zero attached hydrogens (tertiary/aromatic N) is 2. The fraction of sp³-hybridized carbons (Fsp3) is 0.333. The lowest BCUT2D eigenvalue weighted by Gasteiger charge is -1.97. The zero-order valence-corrected chi connectivity index (χ0v) is 5.87. The van der Waals surface area contributed by atoms with Gasteiger partial charge in [-0.2, -0.15) is 0 Å². The third-order valence-corrected chi connectivity index (χ3v) is 1.36. The van der Waals surface area contributed by atoms with E-state index in [0.29, 0.717) is 0 Å². The number of rotatable bonds is 0. The molecule has 1 heterocycles. The van der Waals surface area contributed by atoms with Crippen LogP contribution in [0, 0.1) is 0 Å². The molecule has 0 atom stereocenters. The van der Waals surface area contributed by atoms with Gasteiger partial charge in [-0.25, -0.2) is 4.79 Å². The Morgan fingerprint density at radius 3 is 2.60 bits per heavy atom. The molecular weight excluding hydrogens is 133 g/mol. The van der Waals surface area contributed by atoms with E-state index in [4.69, 9.17) is 0 Å². The van der Waals surface area contributed by atoms with Crippen LogP contribution in [0.3, 0.4) is 0 Å². The average Bonchev–Trinajstić information content (AvgIpc) is 1.93. The highest BCUT2D eigenvalue weighted by Gasteiger charge is 1.93. The molecule has 0 radical (unpaired) electrons. The van der Waals surface area contributed by atoms with Gasteiger partial charge in [-0.05, 0) is 0 Å². The minimum atomic E-state index is -0.299. The molecule has 10 heavy (non-hydrogen) atoms. The van der Waals surface area contributed by atoms with Crippen molar-refractivity contribution in [1.82, 2.24) is 9.13 Å². The average molecular weight is 141 g/mol. The van der Waals surface area contributed by atoms with Gasteiger partial charge in [0.1, 0.15) is 0 Å². The quantitative estimate of drug-likeness (QED) is 0.469. The fourth-order valence-electron chi connectivity index (χ4n) is 0.682. The standard InChI is InChI=1S/C6H8N2O2/c1-7-4-3-5(9)8(2)6(7)10/h3-4H,1-2H3/i9+1. The van der Waals surface area contributed by atoms with Gasteiger partial charge in [0.2, 0.25) is 0 Å². The van der Waals surface area contributed by atoms with Crippen molar-refractivity contribution in [3.63, 3.8) is 0 Å². The summed E-state index contributed by atoms with van der Waals surface area (Å²) in [5, 5.41) is 0. The molecule has 0 spiro atoms. The van der Waals surface area contributed by atoms with Gasteiger partial charge >= 0.3 is 5.69 Å². The van der Waals surface area contributed by atoms with Crippen molar-refractivity contribution in [2.45, 2.75) is 0 Å². The van der Waals surface area contributed by atoms with Gasteiger partial charge in [0.15, 0.2) is 0 Å². The van der Waals surface area contributed by atoms with Gasteiger partial charge in [0.25, 0.3) is 5.56 Å². The summed E-state index contributed by atoms with van der Waals surface area (Å²) in [6.45, 7) is 0. The SMILES string of the molecule is Cn1ccc(=[17O])n(C)c1=O. The number of aromatic nitrogens is 2. The van der Waals surface area contributed by atoms with Crippen LogP contribution in [0.25, 0.3) is 0 Å². The Kier molecular flexibility index (Phi) is 1.45. The Labute approximate surface area is 57.3 Å². The minimum Gasteiger partial charge on any atom is -0.303 e. The molecule has 54 valence electrons. The van der Waals surface area contributed by atoms with Crippen LogP contribution in [0.1, 0.15) is 0 Å². The molecule has 0 aliphatic heterocycles. The summed E-state index contributed by atoms with van der Waals surface area (Å²) >= 11 is 0. The summed E-state index contributed by atoms with van der Waals surface area (Å²) in [5.74, 6) is 0. The van der Waals surface area contributed by atoms with E-state index < -0.39 is 0 Å². The summed E-state index contributed by atoms with van der Waals surface area (Å²) in [4.78, 5) is 21.7. The molecule has 1 aromatic rings. The van der Waals surface area contributed by atoms with Crippen LogP contribution < -0.4 is 11.2 Å². The van der Waals surface area contributed by atoms with Crippen molar-refractivity contribution in [3.8, 4) is 0 Å². The second-order valence-corrected chi connectivity index (χ2v) is 2.11. The molecule has 1 aromatic heterocycles. The van der Waals surface area contributed by atoms with Gasteiger partial charge in [0, 0.05) is 26.4 Å². The van der Waals surface area contributed by atoms with Crippen LogP contribution >= 0.6 is 0 Å². The molecule has 1 rings (SSSR count). The maximum Gasteiger partial charge on any atom is 0.330 e. The molecule has 0 N–H and O–H groups in total. The van der Waals surface area contributed by atoms with Gasteiger partial charge < -0.3 is 4.57 Å². The van der Waals surface area contributed by atoms with Crippen molar-refractivity contribution in [1.29, 1.82) is 0 Å². The molecule has 0 saturated carbocycles. The molecule has 0 bridgehead atoms. The van der Waals surface area contributed by atoms with E-state index in [1.54, 1.807) is 7.05 Å². The molecule has 0 amide bonds. The summed E-state index contributed by atoms with van der Waals surface area (Å²) < 4.78 is 2.40. The number of aryl methyl sites for hydroxylation is 1. The van der Waals surface area contributed by atoms with Gasteiger partial charge in [-0.1, -0.05) is 0 Å². The second kappa shape index (κ2) is 2.13. The third kappa shape index (κ3) is 0.877. The second-order valence-electron chi connectivity index (χ2n) is 2.11. The van der Waals surface area contributed by atoms with E-state index in [1.807, 2.05) is 0 Å². The van der Waals surface area contributed by atoms with Crippen LogP contribution in [0.15, 0.2) is 21.9 Å². The number of hydrogen-bond acceptors (Lipinski definition) is 2. The summed E-state index contributed by atoms with van der Waals surface area (Å²) in [7, 11) is 3.05. The first-order chi connectivity index (χ1) is 4.63. The largest absolute Gasteiger partial charge is 0.330 e. The Morgan fingerprint density at radius 2 is 2.10 bits per heavy atom.